The zero-order chi connectivity index (χ0) is 12.0. The second-order valence-electron chi connectivity index (χ2n) is 4.07. The highest BCUT2D eigenvalue weighted by Crippen LogP contribution is 2.11. The minimum atomic E-state index is 0.0975. The fourth-order valence-electron chi connectivity index (χ4n) is 1.19. The molecule has 0 spiro atoms. The number of ether oxygens (including phenoxy) is 1. The second kappa shape index (κ2) is 6.60. The van der Waals surface area contributed by atoms with Gasteiger partial charge in [-0.1, -0.05) is 6.92 Å². The van der Waals surface area contributed by atoms with Crippen LogP contribution in [0, 0.1) is 0 Å². The van der Waals surface area contributed by atoms with Crippen LogP contribution < -0.4 is 5.32 Å². The van der Waals surface area contributed by atoms with E-state index in [1.807, 2.05) is 20.8 Å². The van der Waals surface area contributed by atoms with Crippen LogP contribution in [-0.4, -0.2) is 22.8 Å². The van der Waals surface area contributed by atoms with Gasteiger partial charge in [-0.3, -0.25) is 0 Å². The van der Waals surface area contributed by atoms with Crippen LogP contribution in [0.4, 0.5) is 0 Å². The molecule has 1 heterocycles. The van der Waals surface area contributed by atoms with Gasteiger partial charge < -0.3 is 14.5 Å². The van der Waals surface area contributed by atoms with Crippen LogP contribution in [0.1, 0.15) is 51.9 Å². The molecule has 1 aromatic heterocycles. The molecule has 0 aromatic carbocycles. The normalized spacial score (nSPS) is 13.3. The van der Waals surface area contributed by atoms with Gasteiger partial charge in [-0.25, -0.2) is 0 Å². The van der Waals surface area contributed by atoms with Gasteiger partial charge in [-0.05, 0) is 33.7 Å². The van der Waals surface area contributed by atoms with Crippen LogP contribution in [0.3, 0.4) is 0 Å². The monoisotopic (exact) mass is 227 g/mol. The third-order valence-electron chi connectivity index (χ3n) is 2.09. The van der Waals surface area contributed by atoms with E-state index >= 15 is 0 Å². The summed E-state index contributed by atoms with van der Waals surface area (Å²) >= 11 is 0. The molecule has 1 aromatic rings. The van der Waals surface area contributed by atoms with Gasteiger partial charge in [-0.15, -0.1) is 10.2 Å². The smallest absolute Gasteiger partial charge is 0.242 e. The SMILES string of the molecule is CCCNC(C)c1nnc(COC(C)C)o1. The molecule has 0 bridgehead atoms. The lowest BCUT2D eigenvalue weighted by Crippen LogP contribution is -2.19. The Labute approximate surface area is 96.6 Å². The van der Waals surface area contributed by atoms with Crippen LogP contribution in [-0.2, 0) is 11.3 Å². The molecule has 1 atom stereocenters. The lowest BCUT2D eigenvalue weighted by atomic mass is 10.3. The van der Waals surface area contributed by atoms with Crippen molar-refractivity contribution >= 4 is 0 Å². The maximum Gasteiger partial charge on any atom is 0.242 e. The number of aromatic nitrogens is 2. The average Bonchev–Trinajstić information content (AvgIpc) is 2.71. The summed E-state index contributed by atoms with van der Waals surface area (Å²) in [6, 6.07) is 0.0975. The number of hydrogen-bond donors (Lipinski definition) is 1. The maximum absolute atomic E-state index is 5.48. The summed E-state index contributed by atoms with van der Waals surface area (Å²) in [6.07, 6.45) is 1.26. The lowest BCUT2D eigenvalue weighted by Gasteiger charge is -2.07. The Morgan fingerprint density at radius 3 is 2.69 bits per heavy atom. The first-order valence-electron chi connectivity index (χ1n) is 5.80. The molecule has 0 aliphatic rings. The highest BCUT2D eigenvalue weighted by atomic mass is 16.5. The molecule has 0 saturated carbocycles. The molecule has 92 valence electrons. The van der Waals surface area contributed by atoms with Crippen molar-refractivity contribution < 1.29 is 9.15 Å². The Bertz CT molecular complexity index is 299. The molecule has 0 amide bonds. The van der Waals surface area contributed by atoms with Crippen LogP contribution in [0.2, 0.25) is 0 Å². The van der Waals surface area contributed by atoms with Gasteiger partial charge in [0.1, 0.15) is 6.61 Å². The predicted octanol–water partition coefficient (Wildman–Crippen LogP) is 2.06. The van der Waals surface area contributed by atoms with Gasteiger partial charge in [0.2, 0.25) is 11.8 Å². The maximum atomic E-state index is 5.48. The van der Waals surface area contributed by atoms with Gasteiger partial charge in [0.05, 0.1) is 12.1 Å². The summed E-state index contributed by atoms with van der Waals surface area (Å²) < 4.78 is 10.9. The zero-order valence-corrected chi connectivity index (χ0v) is 10.5. The summed E-state index contributed by atoms with van der Waals surface area (Å²) in [7, 11) is 0. The van der Waals surface area contributed by atoms with Gasteiger partial charge in [0.25, 0.3) is 0 Å². The van der Waals surface area contributed by atoms with E-state index in [0.717, 1.165) is 13.0 Å². The molecular formula is C11H21N3O2. The topological polar surface area (TPSA) is 60.2 Å². The number of hydrogen-bond acceptors (Lipinski definition) is 5. The molecule has 5 heteroatoms. The van der Waals surface area contributed by atoms with Crippen molar-refractivity contribution in [3.05, 3.63) is 11.8 Å². The van der Waals surface area contributed by atoms with E-state index in [1.54, 1.807) is 0 Å². The molecule has 1 unspecified atom stereocenters. The Kier molecular flexibility index (Phi) is 5.42. The summed E-state index contributed by atoms with van der Waals surface area (Å²) in [4.78, 5) is 0. The van der Waals surface area contributed by atoms with E-state index in [2.05, 4.69) is 22.4 Å². The van der Waals surface area contributed by atoms with E-state index in [-0.39, 0.29) is 12.1 Å². The van der Waals surface area contributed by atoms with Gasteiger partial charge >= 0.3 is 0 Å². The van der Waals surface area contributed by atoms with Gasteiger partial charge in [0.15, 0.2) is 0 Å². The highest BCUT2D eigenvalue weighted by molar-refractivity contribution is 4.87. The van der Waals surface area contributed by atoms with Crippen LogP contribution in [0.5, 0.6) is 0 Å². The molecule has 0 aliphatic carbocycles. The number of rotatable bonds is 7. The molecule has 5 nitrogen and oxygen atoms in total. The first kappa shape index (κ1) is 13.1. The number of nitrogens with one attached hydrogen (secondary N) is 1. The third kappa shape index (κ3) is 4.28. The van der Waals surface area contributed by atoms with Gasteiger partial charge in [0, 0.05) is 0 Å². The van der Waals surface area contributed by atoms with E-state index in [4.69, 9.17) is 9.15 Å². The Morgan fingerprint density at radius 1 is 1.31 bits per heavy atom. The largest absolute Gasteiger partial charge is 0.421 e. The van der Waals surface area contributed by atoms with E-state index < -0.39 is 0 Å². The third-order valence-corrected chi connectivity index (χ3v) is 2.09. The van der Waals surface area contributed by atoms with Crippen molar-refractivity contribution in [1.29, 1.82) is 0 Å². The lowest BCUT2D eigenvalue weighted by molar-refractivity contribution is 0.0508. The fourth-order valence-corrected chi connectivity index (χ4v) is 1.19. The molecule has 1 rings (SSSR count). The van der Waals surface area contributed by atoms with Crippen LogP contribution in [0.15, 0.2) is 4.42 Å². The second-order valence-corrected chi connectivity index (χ2v) is 4.07. The number of nitrogens with zero attached hydrogens (tertiary/aromatic N) is 2. The molecule has 1 N–H and O–H groups in total. The highest BCUT2D eigenvalue weighted by Gasteiger charge is 2.13. The molecular weight excluding hydrogens is 206 g/mol. The minimum Gasteiger partial charge on any atom is -0.421 e. The van der Waals surface area contributed by atoms with E-state index in [9.17, 15) is 0 Å². The average molecular weight is 227 g/mol. The van der Waals surface area contributed by atoms with Crippen molar-refractivity contribution in [2.45, 2.75) is 52.9 Å². The predicted molar refractivity (Wildman–Crippen MR) is 60.9 cm³/mol. The van der Waals surface area contributed by atoms with E-state index in [1.165, 1.54) is 0 Å². The molecule has 0 saturated heterocycles. The van der Waals surface area contributed by atoms with E-state index in [0.29, 0.717) is 18.4 Å². The Morgan fingerprint density at radius 2 is 2.06 bits per heavy atom. The molecule has 0 fully saturated rings. The van der Waals surface area contributed by atoms with Crippen molar-refractivity contribution in [2.24, 2.45) is 0 Å². The van der Waals surface area contributed by atoms with Crippen molar-refractivity contribution in [3.8, 4) is 0 Å². The Hall–Kier alpha value is -0.940. The van der Waals surface area contributed by atoms with Gasteiger partial charge in [-0.2, -0.15) is 0 Å². The summed E-state index contributed by atoms with van der Waals surface area (Å²) in [6.45, 7) is 9.41. The molecule has 0 radical (unpaired) electrons. The van der Waals surface area contributed by atoms with Crippen molar-refractivity contribution in [2.75, 3.05) is 6.54 Å². The summed E-state index contributed by atoms with van der Waals surface area (Å²) in [5.41, 5.74) is 0. The molecule has 0 aliphatic heterocycles. The first-order chi connectivity index (χ1) is 7.63. The Balaban J connectivity index is 2.43. The van der Waals surface area contributed by atoms with Crippen LogP contribution in [0.25, 0.3) is 0 Å². The quantitative estimate of drug-likeness (QED) is 0.772. The van der Waals surface area contributed by atoms with Crippen molar-refractivity contribution in [1.82, 2.24) is 15.5 Å². The fraction of sp³-hybridized carbons (Fsp3) is 0.818. The molecule has 16 heavy (non-hydrogen) atoms. The summed E-state index contributed by atoms with van der Waals surface area (Å²) in [5, 5.41) is 11.2. The summed E-state index contributed by atoms with van der Waals surface area (Å²) in [5.74, 6) is 1.16. The minimum absolute atomic E-state index is 0.0975. The zero-order valence-electron chi connectivity index (χ0n) is 10.5. The van der Waals surface area contributed by atoms with Crippen molar-refractivity contribution in [3.63, 3.8) is 0 Å². The standard InChI is InChI=1S/C11H21N3O2/c1-5-6-12-9(4)11-14-13-10(16-11)7-15-8(2)3/h8-9,12H,5-7H2,1-4H3. The van der Waals surface area contributed by atoms with Crippen LogP contribution >= 0.6 is 0 Å². The first-order valence-corrected chi connectivity index (χ1v) is 5.80.